The van der Waals surface area contributed by atoms with Crippen molar-refractivity contribution in [1.82, 2.24) is 10.6 Å². The van der Waals surface area contributed by atoms with Crippen molar-refractivity contribution < 1.29 is 23.5 Å². The van der Waals surface area contributed by atoms with Crippen molar-refractivity contribution in [2.75, 3.05) is 7.11 Å². The van der Waals surface area contributed by atoms with Crippen LogP contribution in [0.5, 0.6) is 0 Å². The third kappa shape index (κ3) is 7.12. The van der Waals surface area contributed by atoms with E-state index in [0.717, 1.165) is 9.13 Å². The van der Waals surface area contributed by atoms with E-state index in [1.54, 1.807) is 18.2 Å². The van der Waals surface area contributed by atoms with E-state index < -0.39 is 35.7 Å². The van der Waals surface area contributed by atoms with Gasteiger partial charge in [-0.2, -0.15) is 0 Å². The third-order valence-electron chi connectivity index (χ3n) is 4.23. The topological polar surface area (TPSA) is 84.5 Å². The first-order valence-corrected chi connectivity index (χ1v) is 10.0. The Morgan fingerprint density at radius 2 is 1.66 bits per heavy atom. The molecule has 29 heavy (non-hydrogen) atoms. The lowest BCUT2D eigenvalue weighted by Crippen LogP contribution is -2.53. The molecule has 0 bridgehead atoms. The van der Waals surface area contributed by atoms with Crippen LogP contribution in [0.2, 0.25) is 0 Å². The van der Waals surface area contributed by atoms with Crippen molar-refractivity contribution in [3.63, 3.8) is 0 Å². The van der Waals surface area contributed by atoms with Gasteiger partial charge in [0, 0.05) is 23.3 Å². The minimum Gasteiger partial charge on any atom is -0.467 e. The number of halogens is 2. The number of hydrogen-bond donors (Lipinski definition) is 2. The SMILES string of the molecule is COC(=O)[C@H](Cc1ccc(I)cc1)NC(=O)[C@@H](Cc1ccccc1F)NC(C)=O. The van der Waals surface area contributed by atoms with E-state index >= 15 is 0 Å². The lowest BCUT2D eigenvalue weighted by Gasteiger charge is -2.22. The highest BCUT2D eigenvalue weighted by atomic mass is 127. The molecular weight excluding hydrogens is 490 g/mol. The number of esters is 1. The first-order chi connectivity index (χ1) is 13.8. The summed E-state index contributed by atoms with van der Waals surface area (Å²) in [5.41, 5.74) is 1.12. The molecule has 2 amide bonds. The molecule has 0 radical (unpaired) electrons. The molecule has 0 aliphatic heterocycles. The van der Waals surface area contributed by atoms with Gasteiger partial charge in [0.2, 0.25) is 11.8 Å². The van der Waals surface area contributed by atoms with Gasteiger partial charge < -0.3 is 15.4 Å². The van der Waals surface area contributed by atoms with Crippen molar-refractivity contribution in [2.24, 2.45) is 0 Å². The third-order valence-corrected chi connectivity index (χ3v) is 4.95. The van der Waals surface area contributed by atoms with E-state index in [-0.39, 0.29) is 18.4 Å². The molecule has 0 aliphatic rings. The first kappa shape index (κ1) is 22.8. The number of carbonyl (C=O) groups is 3. The molecule has 6 nitrogen and oxygen atoms in total. The van der Waals surface area contributed by atoms with Crippen LogP contribution in [0, 0.1) is 9.39 Å². The molecule has 0 spiro atoms. The Hall–Kier alpha value is -2.49. The van der Waals surface area contributed by atoms with Crippen LogP contribution < -0.4 is 10.6 Å². The van der Waals surface area contributed by atoms with E-state index in [0.29, 0.717) is 0 Å². The Kier molecular flexibility index (Phi) is 8.56. The zero-order valence-electron chi connectivity index (χ0n) is 16.1. The second-order valence-corrected chi connectivity index (χ2v) is 7.71. The lowest BCUT2D eigenvalue weighted by atomic mass is 10.0. The smallest absolute Gasteiger partial charge is 0.328 e. The molecule has 0 aliphatic carbocycles. The monoisotopic (exact) mass is 512 g/mol. The molecule has 0 aromatic heterocycles. The van der Waals surface area contributed by atoms with E-state index in [9.17, 15) is 18.8 Å². The molecule has 0 saturated heterocycles. The van der Waals surface area contributed by atoms with Crippen LogP contribution in [0.1, 0.15) is 18.1 Å². The fourth-order valence-electron chi connectivity index (χ4n) is 2.80. The van der Waals surface area contributed by atoms with Gasteiger partial charge in [0.15, 0.2) is 0 Å². The van der Waals surface area contributed by atoms with Crippen molar-refractivity contribution >= 4 is 40.4 Å². The van der Waals surface area contributed by atoms with Crippen LogP contribution in [0.3, 0.4) is 0 Å². The molecule has 0 saturated carbocycles. The molecule has 2 atom stereocenters. The van der Waals surface area contributed by atoms with Gasteiger partial charge in [-0.05, 0) is 51.9 Å². The Morgan fingerprint density at radius 1 is 1.00 bits per heavy atom. The number of hydrogen-bond acceptors (Lipinski definition) is 4. The number of rotatable bonds is 8. The Morgan fingerprint density at radius 3 is 2.24 bits per heavy atom. The summed E-state index contributed by atoms with van der Waals surface area (Å²) >= 11 is 2.17. The molecule has 8 heteroatoms. The molecule has 2 aromatic rings. The second-order valence-electron chi connectivity index (χ2n) is 6.46. The van der Waals surface area contributed by atoms with Gasteiger partial charge in [-0.1, -0.05) is 30.3 Å². The van der Waals surface area contributed by atoms with E-state index in [1.807, 2.05) is 24.3 Å². The van der Waals surface area contributed by atoms with Crippen LogP contribution in [0.4, 0.5) is 4.39 Å². The summed E-state index contributed by atoms with van der Waals surface area (Å²) < 4.78 is 19.8. The van der Waals surface area contributed by atoms with Gasteiger partial charge in [-0.15, -0.1) is 0 Å². The van der Waals surface area contributed by atoms with Gasteiger partial charge in [-0.25, -0.2) is 9.18 Å². The van der Waals surface area contributed by atoms with Gasteiger partial charge in [0.25, 0.3) is 0 Å². The van der Waals surface area contributed by atoms with E-state index in [4.69, 9.17) is 4.74 Å². The van der Waals surface area contributed by atoms with Crippen LogP contribution in [0.15, 0.2) is 48.5 Å². The average Bonchev–Trinajstić information content (AvgIpc) is 2.69. The predicted octanol–water partition coefficient (Wildman–Crippen LogP) is 2.38. The Balaban J connectivity index is 2.17. The van der Waals surface area contributed by atoms with Crippen LogP contribution in [0.25, 0.3) is 0 Å². The summed E-state index contributed by atoms with van der Waals surface area (Å²) in [5, 5.41) is 5.14. The van der Waals surface area contributed by atoms with Gasteiger partial charge in [-0.3, -0.25) is 9.59 Å². The molecule has 2 aromatic carbocycles. The van der Waals surface area contributed by atoms with Crippen molar-refractivity contribution in [2.45, 2.75) is 31.8 Å². The molecule has 2 N–H and O–H groups in total. The molecule has 154 valence electrons. The Bertz CT molecular complexity index is 873. The summed E-state index contributed by atoms with van der Waals surface area (Å²) in [6.07, 6.45) is 0.178. The fourth-order valence-corrected chi connectivity index (χ4v) is 3.16. The van der Waals surface area contributed by atoms with Crippen LogP contribution in [-0.4, -0.2) is 37.0 Å². The quantitative estimate of drug-likeness (QED) is 0.421. The lowest BCUT2D eigenvalue weighted by molar-refractivity contribution is -0.145. The second kappa shape index (κ2) is 10.9. The van der Waals surface area contributed by atoms with E-state index in [1.165, 1.54) is 20.1 Å². The first-order valence-electron chi connectivity index (χ1n) is 8.93. The highest BCUT2D eigenvalue weighted by molar-refractivity contribution is 14.1. The van der Waals surface area contributed by atoms with Gasteiger partial charge in [0.1, 0.15) is 17.9 Å². The zero-order valence-corrected chi connectivity index (χ0v) is 18.2. The average molecular weight is 512 g/mol. The van der Waals surface area contributed by atoms with Gasteiger partial charge >= 0.3 is 5.97 Å². The molecule has 2 rings (SSSR count). The molecule has 0 unspecified atom stereocenters. The maximum absolute atomic E-state index is 14.0. The standard InChI is InChI=1S/C21H22FIN2O4/c1-13(26)24-18(12-15-5-3-4-6-17(15)22)20(27)25-19(21(28)29-2)11-14-7-9-16(23)10-8-14/h3-10,18-19H,11-12H2,1-2H3,(H,24,26)(H,25,27)/t18-,19+/m1/s1. The minimum atomic E-state index is -1.03. The van der Waals surface area contributed by atoms with Crippen molar-refractivity contribution in [3.05, 3.63) is 69.0 Å². The van der Waals surface area contributed by atoms with Crippen LogP contribution in [-0.2, 0) is 32.0 Å². The summed E-state index contributed by atoms with van der Waals surface area (Å²) in [6, 6.07) is 11.5. The number of ether oxygens (including phenoxy) is 1. The highest BCUT2D eigenvalue weighted by Crippen LogP contribution is 2.12. The zero-order chi connectivity index (χ0) is 21.4. The number of methoxy groups -OCH3 is 1. The maximum Gasteiger partial charge on any atom is 0.328 e. The highest BCUT2D eigenvalue weighted by Gasteiger charge is 2.27. The largest absolute Gasteiger partial charge is 0.467 e. The number of nitrogens with one attached hydrogen (secondary N) is 2. The van der Waals surface area contributed by atoms with Crippen LogP contribution >= 0.6 is 22.6 Å². The maximum atomic E-state index is 14.0. The minimum absolute atomic E-state index is 0.0461. The summed E-state index contributed by atoms with van der Waals surface area (Å²) in [4.78, 5) is 36.6. The molecule has 0 fully saturated rings. The number of amides is 2. The van der Waals surface area contributed by atoms with Gasteiger partial charge in [0.05, 0.1) is 7.11 Å². The molecular formula is C21H22FIN2O4. The summed E-state index contributed by atoms with van der Waals surface area (Å²) in [5.74, 6) is -2.11. The summed E-state index contributed by atoms with van der Waals surface area (Å²) in [7, 11) is 1.24. The number of benzene rings is 2. The predicted molar refractivity (Wildman–Crippen MR) is 115 cm³/mol. The fraction of sp³-hybridized carbons (Fsp3) is 0.286. The summed E-state index contributed by atoms with van der Waals surface area (Å²) in [6.45, 7) is 1.27. The van der Waals surface area contributed by atoms with Crippen molar-refractivity contribution in [3.8, 4) is 0 Å². The van der Waals surface area contributed by atoms with E-state index in [2.05, 4.69) is 33.2 Å². The molecule has 0 heterocycles. The Labute approximate surface area is 182 Å². The number of carbonyl (C=O) groups excluding carboxylic acids is 3. The van der Waals surface area contributed by atoms with Crippen molar-refractivity contribution in [1.29, 1.82) is 0 Å². The normalized spacial score (nSPS) is 12.6.